The molecule has 0 spiro atoms. The van der Waals surface area contributed by atoms with Crippen LogP contribution in [0.4, 0.5) is 16.2 Å². The summed E-state index contributed by atoms with van der Waals surface area (Å²) in [5, 5.41) is 8.94. The van der Waals surface area contributed by atoms with Gasteiger partial charge < -0.3 is 11.1 Å². The minimum absolute atomic E-state index is 0.140. The van der Waals surface area contributed by atoms with E-state index in [1.807, 2.05) is 32.0 Å². The number of hydrogen-bond donors (Lipinski definition) is 2. The molecule has 0 amide bonds. The molecule has 0 bridgehead atoms. The predicted molar refractivity (Wildman–Crippen MR) is 110 cm³/mol. The van der Waals surface area contributed by atoms with Crippen molar-refractivity contribution in [3.63, 3.8) is 0 Å². The fraction of sp³-hybridized carbons (Fsp3) is 0.150. The molecule has 8 heteroatoms. The summed E-state index contributed by atoms with van der Waals surface area (Å²) in [5.41, 5.74) is 8.91. The first-order valence-corrected chi connectivity index (χ1v) is 9.15. The highest BCUT2D eigenvalue weighted by molar-refractivity contribution is 6.30. The van der Waals surface area contributed by atoms with E-state index in [0.29, 0.717) is 39.2 Å². The minimum atomic E-state index is -0.332. The van der Waals surface area contributed by atoms with Gasteiger partial charge in [-0.1, -0.05) is 23.7 Å². The standard InChI is InChI=1S/C20H18ClFN6/c1-11(2)24-20-25-17(12-4-3-5-13(21)10-12)16-18(23)28(27-19(16)26-20)15-8-6-14(22)7-9-15/h3-11H,23H2,1-2H3,(H,24,26,27). The number of nitrogen functional groups attached to an aromatic ring is 1. The van der Waals surface area contributed by atoms with Crippen LogP contribution in [0, 0.1) is 5.82 Å². The van der Waals surface area contributed by atoms with Crippen LogP contribution < -0.4 is 11.1 Å². The SMILES string of the molecule is CC(C)Nc1nc(-c2cccc(Cl)c2)c2c(N)n(-c3ccc(F)cc3)nc2n1. The number of halogens is 2. The minimum Gasteiger partial charge on any atom is -0.383 e. The molecule has 2 heterocycles. The first kappa shape index (κ1) is 18.2. The molecule has 0 fully saturated rings. The summed E-state index contributed by atoms with van der Waals surface area (Å²) in [4.78, 5) is 9.17. The summed E-state index contributed by atoms with van der Waals surface area (Å²) in [6.45, 7) is 4.00. The van der Waals surface area contributed by atoms with Gasteiger partial charge in [-0.3, -0.25) is 0 Å². The number of benzene rings is 2. The van der Waals surface area contributed by atoms with E-state index in [4.69, 9.17) is 17.3 Å². The number of rotatable bonds is 4. The van der Waals surface area contributed by atoms with Gasteiger partial charge in [0.05, 0.1) is 16.8 Å². The molecule has 3 N–H and O–H groups in total. The summed E-state index contributed by atoms with van der Waals surface area (Å²) in [7, 11) is 0. The maximum Gasteiger partial charge on any atom is 0.225 e. The number of hydrogen-bond acceptors (Lipinski definition) is 5. The Bertz CT molecular complexity index is 1150. The fourth-order valence-corrected chi connectivity index (χ4v) is 3.15. The lowest BCUT2D eigenvalue weighted by Gasteiger charge is -2.10. The Kier molecular flexibility index (Phi) is 4.60. The molecule has 28 heavy (non-hydrogen) atoms. The van der Waals surface area contributed by atoms with E-state index >= 15 is 0 Å². The Morgan fingerprint density at radius 2 is 1.86 bits per heavy atom. The molecule has 2 aromatic heterocycles. The molecule has 2 aromatic carbocycles. The van der Waals surface area contributed by atoms with E-state index in [0.717, 1.165) is 5.56 Å². The van der Waals surface area contributed by atoms with Gasteiger partial charge in [0.15, 0.2) is 5.65 Å². The molecule has 6 nitrogen and oxygen atoms in total. The van der Waals surface area contributed by atoms with Gasteiger partial charge in [-0.25, -0.2) is 14.1 Å². The molecule has 0 aliphatic rings. The zero-order valence-corrected chi connectivity index (χ0v) is 16.1. The van der Waals surface area contributed by atoms with Crippen molar-refractivity contribution in [3.05, 3.63) is 59.4 Å². The Morgan fingerprint density at radius 1 is 1.11 bits per heavy atom. The van der Waals surface area contributed by atoms with Crippen LogP contribution >= 0.6 is 11.6 Å². The van der Waals surface area contributed by atoms with Gasteiger partial charge in [0.25, 0.3) is 0 Å². The van der Waals surface area contributed by atoms with Crippen molar-refractivity contribution < 1.29 is 4.39 Å². The fourth-order valence-electron chi connectivity index (χ4n) is 2.96. The average Bonchev–Trinajstić information content (AvgIpc) is 2.98. The Balaban J connectivity index is 1.98. The number of aromatic nitrogens is 4. The Labute approximate surface area is 166 Å². The predicted octanol–water partition coefficient (Wildman–Crippen LogP) is 4.68. The second kappa shape index (κ2) is 7.09. The summed E-state index contributed by atoms with van der Waals surface area (Å²) in [6.07, 6.45) is 0. The van der Waals surface area contributed by atoms with Crippen molar-refractivity contribution in [2.75, 3.05) is 11.1 Å². The zero-order valence-electron chi connectivity index (χ0n) is 15.3. The van der Waals surface area contributed by atoms with Gasteiger partial charge in [-0.2, -0.15) is 4.98 Å². The van der Waals surface area contributed by atoms with Crippen LogP contribution in [0.3, 0.4) is 0 Å². The average molecular weight is 397 g/mol. The first-order chi connectivity index (χ1) is 13.4. The molecular formula is C20H18ClFN6. The van der Waals surface area contributed by atoms with Crippen molar-refractivity contribution >= 4 is 34.4 Å². The molecule has 0 aliphatic carbocycles. The summed E-state index contributed by atoms with van der Waals surface area (Å²) in [5.74, 6) is 0.482. The third-order valence-electron chi connectivity index (χ3n) is 4.16. The van der Waals surface area contributed by atoms with E-state index < -0.39 is 0 Å². The van der Waals surface area contributed by atoms with Gasteiger partial charge in [0.2, 0.25) is 5.95 Å². The van der Waals surface area contributed by atoms with Gasteiger partial charge in [-0.05, 0) is 50.2 Å². The molecule has 142 valence electrons. The highest BCUT2D eigenvalue weighted by atomic mass is 35.5. The lowest BCUT2D eigenvalue weighted by atomic mass is 10.1. The topological polar surface area (TPSA) is 81.6 Å². The van der Waals surface area contributed by atoms with Crippen LogP contribution in [-0.2, 0) is 0 Å². The summed E-state index contributed by atoms with van der Waals surface area (Å²) in [6, 6.07) is 13.4. The molecule has 4 aromatic rings. The molecule has 0 aliphatic heterocycles. The maximum absolute atomic E-state index is 13.3. The molecule has 4 rings (SSSR count). The van der Waals surface area contributed by atoms with Crippen molar-refractivity contribution in [3.8, 4) is 16.9 Å². The zero-order chi connectivity index (χ0) is 19.8. The van der Waals surface area contributed by atoms with Crippen LogP contribution in [0.1, 0.15) is 13.8 Å². The van der Waals surface area contributed by atoms with Crippen LogP contribution in [0.5, 0.6) is 0 Å². The largest absolute Gasteiger partial charge is 0.383 e. The van der Waals surface area contributed by atoms with E-state index in [1.54, 1.807) is 18.2 Å². The van der Waals surface area contributed by atoms with Crippen molar-refractivity contribution in [2.24, 2.45) is 0 Å². The van der Waals surface area contributed by atoms with Gasteiger partial charge in [0.1, 0.15) is 11.6 Å². The maximum atomic E-state index is 13.3. The lowest BCUT2D eigenvalue weighted by molar-refractivity contribution is 0.627. The molecule has 0 atom stereocenters. The number of nitrogens with two attached hydrogens (primary N) is 1. The normalized spacial score (nSPS) is 11.3. The highest BCUT2D eigenvalue weighted by Gasteiger charge is 2.19. The third-order valence-corrected chi connectivity index (χ3v) is 4.39. The lowest BCUT2D eigenvalue weighted by Crippen LogP contribution is -2.13. The van der Waals surface area contributed by atoms with Gasteiger partial charge in [-0.15, -0.1) is 5.10 Å². The van der Waals surface area contributed by atoms with E-state index in [-0.39, 0.29) is 11.9 Å². The quantitative estimate of drug-likeness (QED) is 0.523. The number of nitrogens with zero attached hydrogens (tertiary/aromatic N) is 4. The summed E-state index contributed by atoms with van der Waals surface area (Å²) >= 11 is 6.18. The highest BCUT2D eigenvalue weighted by Crippen LogP contribution is 2.33. The van der Waals surface area contributed by atoms with E-state index in [1.165, 1.54) is 16.8 Å². The number of anilines is 2. The van der Waals surface area contributed by atoms with E-state index in [9.17, 15) is 4.39 Å². The van der Waals surface area contributed by atoms with Gasteiger partial charge in [0, 0.05) is 16.6 Å². The molecule has 0 unspecified atom stereocenters. The van der Waals surface area contributed by atoms with Crippen LogP contribution in [0.15, 0.2) is 48.5 Å². The third kappa shape index (κ3) is 3.36. The van der Waals surface area contributed by atoms with Crippen molar-refractivity contribution in [1.29, 1.82) is 0 Å². The molecule has 0 radical (unpaired) electrons. The van der Waals surface area contributed by atoms with Gasteiger partial charge >= 0.3 is 0 Å². The smallest absolute Gasteiger partial charge is 0.225 e. The van der Waals surface area contributed by atoms with Crippen molar-refractivity contribution in [2.45, 2.75) is 19.9 Å². The van der Waals surface area contributed by atoms with Crippen molar-refractivity contribution in [1.82, 2.24) is 19.7 Å². The van der Waals surface area contributed by atoms with E-state index in [2.05, 4.69) is 20.4 Å². The van der Waals surface area contributed by atoms with Crippen LogP contribution in [0.2, 0.25) is 5.02 Å². The molecule has 0 saturated carbocycles. The second-order valence-electron chi connectivity index (χ2n) is 6.68. The summed E-state index contributed by atoms with van der Waals surface area (Å²) < 4.78 is 14.8. The number of nitrogens with one attached hydrogen (secondary N) is 1. The monoisotopic (exact) mass is 396 g/mol. The Morgan fingerprint density at radius 3 is 2.54 bits per heavy atom. The second-order valence-corrected chi connectivity index (χ2v) is 7.11. The molecule has 0 saturated heterocycles. The first-order valence-electron chi connectivity index (χ1n) is 8.77. The Hall–Kier alpha value is -3.19. The van der Waals surface area contributed by atoms with Crippen LogP contribution in [0.25, 0.3) is 28.0 Å². The molecular weight excluding hydrogens is 379 g/mol. The number of fused-ring (bicyclic) bond motifs is 1. The van der Waals surface area contributed by atoms with Crippen LogP contribution in [-0.4, -0.2) is 25.8 Å².